The fourth-order valence-corrected chi connectivity index (χ4v) is 7.73. The van der Waals surface area contributed by atoms with Gasteiger partial charge in [0.1, 0.15) is 5.82 Å². The Morgan fingerprint density at radius 1 is 1.15 bits per heavy atom. The number of anilines is 1. The Labute approximate surface area is 199 Å². The summed E-state index contributed by atoms with van der Waals surface area (Å²) >= 11 is 6.28. The number of halogens is 2. The van der Waals surface area contributed by atoms with Crippen molar-refractivity contribution in [2.24, 2.45) is 11.8 Å². The second-order valence-corrected chi connectivity index (χ2v) is 12.4. The summed E-state index contributed by atoms with van der Waals surface area (Å²) in [6.07, 6.45) is 2.39. The summed E-state index contributed by atoms with van der Waals surface area (Å²) in [5, 5.41) is 12.9. The molecule has 178 valence electrons. The number of hydrogen-bond donors (Lipinski definition) is 2. The largest absolute Gasteiger partial charge is 0.390 e. The van der Waals surface area contributed by atoms with E-state index in [9.17, 15) is 22.7 Å². The molecule has 2 aromatic rings. The molecule has 33 heavy (non-hydrogen) atoms. The SMILES string of the molecule is CC(C)c1cc(NC(=O)c2ccc(Cl)c(S(=O)(=O)[C@H]3CC4CC[C@H](C3)[C@]4(C)O)c2)ccc1F. The zero-order valence-electron chi connectivity index (χ0n) is 18.9. The van der Waals surface area contributed by atoms with Gasteiger partial charge in [0.05, 0.1) is 20.8 Å². The summed E-state index contributed by atoms with van der Waals surface area (Å²) in [5.41, 5.74) is 0.228. The van der Waals surface area contributed by atoms with Crippen LogP contribution >= 0.6 is 11.6 Å². The number of nitrogens with one attached hydrogen (secondary N) is 1. The van der Waals surface area contributed by atoms with Gasteiger partial charge in [0.15, 0.2) is 9.84 Å². The molecule has 2 aliphatic rings. The summed E-state index contributed by atoms with van der Waals surface area (Å²) < 4.78 is 41.0. The summed E-state index contributed by atoms with van der Waals surface area (Å²) in [6.45, 7) is 5.52. The van der Waals surface area contributed by atoms with Crippen LogP contribution in [-0.4, -0.2) is 30.3 Å². The van der Waals surface area contributed by atoms with Crippen LogP contribution in [0.5, 0.6) is 0 Å². The first kappa shape index (κ1) is 24.2. The van der Waals surface area contributed by atoms with Gasteiger partial charge in [0, 0.05) is 11.3 Å². The molecule has 0 spiro atoms. The van der Waals surface area contributed by atoms with Crippen LogP contribution < -0.4 is 5.32 Å². The molecule has 2 saturated carbocycles. The van der Waals surface area contributed by atoms with Crippen molar-refractivity contribution in [2.75, 3.05) is 5.32 Å². The topological polar surface area (TPSA) is 83.5 Å². The molecule has 1 amide bonds. The minimum absolute atomic E-state index is 0.0549. The second kappa shape index (κ2) is 8.67. The van der Waals surface area contributed by atoms with Crippen LogP contribution in [0.3, 0.4) is 0 Å². The van der Waals surface area contributed by atoms with E-state index in [0.29, 0.717) is 24.1 Å². The first-order chi connectivity index (χ1) is 15.4. The van der Waals surface area contributed by atoms with E-state index >= 15 is 0 Å². The Morgan fingerprint density at radius 3 is 2.39 bits per heavy atom. The van der Waals surface area contributed by atoms with Gasteiger partial charge >= 0.3 is 0 Å². The Kier molecular flexibility index (Phi) is 6.35. The first-order valence-electron chi connectivity index (χ1n) is 11.3. The van der Waals surface area contributed by atoms with Gasteiger partial charge in [0.25, 0.3) is 5.91 Å². The van der Waals surface area contributed by atoms with E-state index in [0.717, 1.165) is 12.8 Å². The second-order valence-electron chi connectivity index (χ2n) is 9.83. The third-order valence-electron chi connectivity index (χ3n) is 7.43. The molecule has 0 saturated heterocycles. The number of aliphatic hydroxyl groups is 1. The zero-order valence-corrected chi connectivity index (χ0v) is 20.5. The number of hydrogen-bond acceptors (Lipinski definition) is 4. The highest BCUT2D eigenvalue weighted by molar-refractivity contribution is 7.92. The predicted octanol–water partition coefficient (Wildman–Crippen LogP) is 5.57. The number of carbonyl (C=O) groups is 1. The standard InChI is InChI=1S/C25H29ClFNO4S/c1-14(2)20-13-18(7-9-22(20)27)28-24(29)15-4-8-21(26)23(10-15)33(31,32)19-11-16-5-6-17(12-19)25(16,3)30/h4,7-10,13-14,16-17,19,30H,5-6,11-12H2,1-3H3,(H,28,29)/t16-,17?,19-,25+/m1/s1. The molecule has 4 atom stereocenters. The Balaban J connectivity index is 1.59. The van der Waals surface area contributed by atoms with E-state index in [1.807, 2.05) is 13.8 Å². The third-order valence-corrected chi connectivity index (χ3v) is 10.1. The van der Waals surface area contributed by atoms with Crippen LogP contribution in [0.4, 0.5) is 10.1 Å². The average Bonchev–Trinajstić information content (AvgIpc) is 2.92. The van der Waals surface area contributed by atoms with Crippen LogP contribution in [-0.2, 0) is 9.84 Å². The van der Waals surface area contributed by atoms with Crippen molar-refractivity contribution < 1.29 is 22.7 Å². The van der Waals surface area contributed by atoms with Gasteiger partial charge in [-0.3, -0.25) is 4.79 Å². The van der Waals surface area contributed by atoms with E-state index in [1.165, 1.54) is 30.3 Å². The maximum absolute atomic E-state index is 14.0. The number of amides is 1. The first-order valence-corrected chi connectivity index (χ1v) is 13.2. The van der Waals surface area contributed by atoms with Crippen LogP contribution in [0.25, 0.3) is 0 Å². The molecular formula is C25H29ClFNO4S. The molecule has 4 rings (SSSR count). The van der Waals surface area contributed by atoms with Gasteiger partial charge in [-0.05, 0) is 92.3 Å². The predicted molar refractivity (Wildman–Crippen MR) is 127 cm³/mol. The highest BCUT2D eigenvalue weighted by Gasteiger charge is 2.53. The Bertz CT molecular complexity index is 1180. The molecule has 2 fully saturated rings. The molecule has 2 bridgehead atoms. The van der Waals surface area contributed by atoms with Crippen molar-refractivity contribution in [1.82, 2.24) is 0 Å². The van der Waals surface area contributed by atoms with Gasteiger partial charge in [-0.1, -0.05) is 25.4 Å². The van der Waals surface area contributed by atoms with Crippen molar-refractivity contribution in [2.45, 2.75) is 68.1 Å². The van der Waals surface area contributed by atoms with Crippen LogP contribution in [0.2, 0.25) is 5.02 Å². The van der Waals surface area contributed by atoms with Crippen molar-refractivity contribution in [3.05, 3.63) is 58.4 Å². The Hall–Kier alpha value is -1.96. The van der Waals surface area contributed by atoms with Gasteiger partial charge in [0.2, 0.25) is 0 Å². The fraction of sp³-hybridized carbons (Fsp3) is 0.480. The lowest BCUT2D eigenvalue weighted by Crippen LogP contribution is -2.45. The fourth-order valence-electron chi connectivity index (χ4n) is 5.33. The average molecular weight is 494 g/mol. The van der Waals surface area contributed by atoms with Gasteiger partial charge in [-0.25, -0.2) is 12.8 Å². The molecule has 2 N–H and O–H groups in total. The third kappa shape index (κ3) is 4.43. The monoisotopic (exact) mass is 493 g/mol. The van der Waals surface area contributed by atoms with Gasteiger partial charge in [-0.2, -0.15) is 0 Å². The number of sulfone groups is 1. The Morgan fingerprint density at radius 2 is 1.79 bits per heavy atom. The summed E-state index contributed by atoms with van der Waals surface area (Å²) in [6, 6.07) is 8.55. The molecular weight excluding hydrogens is 465 g/mol. The van der Waals surface area contributed by atoms with Crippen LogP contribution in [0, 0.1) is 17.7 Å². The number of rotatable bonds is 5. The van der Waals surface area contributed by atoms with Crippen molar-refractivity contribution in [3.63, 3.8) is 0 Å². The van der Waals surface area contributed by atoms with E-state index in [4.69, 9.17) is 11.6 Å². The van der Waals surface area contributed by atoms with Crippen LogP contribution in [0.15, 0.2) is 41.3 Å². The lowest BCUT2D eigenvalue weighted by molar-refractivity contribution is -0.0413. The summed E-state index contributed by atoms with van der Waals surface area (Å²) in [5.74, 6) is -1.02. The van der Waals surface area contributed by atoms with Gasteiger partial charge < -0.3 is 10.4 Å². The molecule has 2 aromatic carbocycles. The number of benzene rings is 2. The number of fused-ring (bicyclic) bond motifs is 2. The highest BCUT2D eigenvalue weighted by Crippen LogP contribution is 2.51. The zero-order chi connectivity index (χ0) is 24.1. The van der Waals surface area contributed by atoms with E-state index in [1.54, 1.807) is 13.0 Å². The van der Waals surface area contributed by atoms with Gasteiger partial charge in [-0.15, -0.1) is 0 Å². The minimum Gasteiger partial charge on any atom is -0.390 e. The van der Waals surface area contributed by atoms with E-state index < -0.39 is 26.6 Å². The molecule has 2 aliphatic carbocycles. The lowest BCUT2D eigenvalue weighted by Gasteiger charge is -2.40. The molecule has 0 heterocycles. The molecule has 1 unspecified atom stereocenters. The highest BCUT2D eigenvalue weighted by atomic mass is 35.5. The molecule has 8 heteroatoms. The maximum atomic E-state index is 14.0. The van der Waals surface area contributed by atoms with Crippen molar-refractivity contribution >= 4 is 33.0 Å². The quantitative estimate of drug-likeness (QED) is 0.570. The van der Waals surface area contributed by atoms with Crippen molar-refractivity contribution in [3.8, 4) is 0 Å². The van der Waals surface area contributed by atoms with Crippen molar-refractivity contribution in [1.29, 1.82) is 0 Å². The maximum Gasteiger partial charge on any atom is 0.255 e. The van der Waals surface area contributed by atoms with Crippen LogP contribution in [0.1, 0.15) is 68.3 Å². The number of carbonyl (C=O) groups excluding carboxylic acids is 1. The van der Waals surface area contributed by atoms with E-state index in [-0.39, 0.29) is 39.1 Å². The molecule has 0 aromatic heterocycles. The smallest absolute Gasteiger partial charge is 0.255 e. The minimum atomic E-state index is -3.79. The summed E-state index contributed by atoms with van der Waals surface area (Å²) in [4.78, 5) is 12.8. The summed E-state index contributed by atoms with van der Waals surface area (Å²) in [7, 11) is -3.79. The molecule has 0 radical (unpaired) electrons. The normalized spacial score (nSPS) is 27.1. The molecule has 5 nitrogen and oxygen atoms in total. The van der Waals surface area contributed by atoms with E-state index in [2.05, 4.69) is 5.32 Å². The molecule has 0 aliphatic heterocycles. The lowest BCUT2D eigenvalue weighted by atomic mass is 9.76.